The molecule has 0 amide bonds. The zero-order valence-corrected chi connectivity index (χ0v) is 9.73. The molecule has 82 valence electrons. The highest BCUT2D eigenvalue weighted by Crippen LogP contribution is 2.18. The molecule has 16 heavy (non-hydrogen) atoms. The van der Waals surface area contributed by atoms with Gasteiger partial charge in [0.2, 0.25) is 0 Å². The fraction of sp³-hybridized carbons (Fsp3) is 0.167. The van der Waals surface area contributed by atoms with E-state index in [0.29, 0.717) is 11.2 Å². The molecule has 1 aromatic heterocycles. The molecule has 0 radical (unpaired) electrons. The molecule has 4 heteroatoms. The van der Waals surface area contributed by atoms with Gasteiger partial charge < -0.3 is 4.98 Å². The summed E-state index contributed by atoms with van der Waals surface area (Å²) in [4.78, 5) is 17.4. The van der Waals surface area contributed by atoms with E-state index in [-0.39, 0.29) is 5.56 Å². The maximum Gasteiger partial charge on any atom is 0.255 e. The second-order valence-corrected chi connectivity index (χ2v) is 3.89. The average molecular weight is 232 g/mol. The van der Waals surface area contributed by atoms with Gasteiger partial charge in [-0.2, -0.15) is 0 Å². The Labute approximate surface area is 98.2 Å². The minimum Gasteiger partial charge on any atom is -0.331 e. The molecule has 1 heterocycles. The van der Waals surface area contributed by atoms with Gasteiger partial charge in [-0.25, -0.2) is 0 Å². The van der Waals surface area contributed by atoms with Crippen LogP contribution in [0.2, 0.25) is 0 Å². The predicted molar refractivity (Wildman–Crippen MR) is 67.1 cm³/mol. The molecule has 0 spiro atoms. The van der Waals surface area contributed by atoms with E-state index in [9.17, 15) is 4.79 Å². The second kappa shape index (κ2) is 4.45. The Bertz CT molecular complexity index is 598. The number of rotatable bonds is 2. The molecule has 0 aliphatic carbocycles. The monoisotopic (exact) mass is 232 g/mol. The summed E-state index contributed by atoms with van der Waals surface area (Å²) in [5.41, 5.74) is 2.43. The van der Waals surface area contributed by atoms with Gasteiger partial charge in [0.1, 0.15) is 0 Å². The number of nitrogens with one attached hydrogen (secondary N) is 2. The van der Waals surface area contributed by atoms with E-state index in [4.69, 9.17) is 12.2 Å². The van der Waals surface area contributed by atoms with E-state index in [2.05, 4.69) is 9.97 Å². The zero-order valence-electron chi connectivity index (χ0n) is 8.91. The van der Waals surface area contributed by atoms with Gasteiger partial charge in [-0.15, -0.1) is 0 Å². The Morgan fingerprint density at radius 1 is 1.19 bits per heavy atom. The third kappa shape index (κ3) is 1.97. The molecular weight excluding hydrogens is 220 g/mol. The lowest BCUT2D eigenvalue weighted by atomic mass is 10.1. The van der Waals surface area contributed by atoms with Gasteiger partial charge in [-0.05, 0) is 24.2 Å². The van der Waals surface area contributed by atoms with Crippen molar-refractivity contribution in [3.63, 3.8) is 0 Å². The fourth-order valence-corrected chi connectivity index (χ4v) is 1.90. The molecule has 0 saturated heterocycles. The molecule has 0 aliphatic heterocycles. The van der Waals surface area contributed by atoms with E-state index in [1.165, 1.54) is 0 Å². The van der Waals surface area contributed by atoms with Crippen LogP contribution in [-0.2, 0) is 6.42 Å². The van der Waals surface area contributed by atoms with E-state index >= 15 is 0 Å². The molecule has 2 N–H and O–H groups in total. The Morgan fingerprint density at radius 3 is 2.50 bits per heavy atom. The first-order chi connectivity index (χ1) is 7.72. The number of aromatic amines is 2. The average Bonchev–Trinajstić information content (AvgIpc) is 2.29. The molecule has 0 fully saturated rings. The molecule has 0 saturated carbocycles. The second-order valence-electron chi connectivity index (χ2n) is 3.48. The minimum atomic E-state index is -0.106. The van der Waals surface area contributed by atoms with Gasteiger partial charge in [0.15, 0.2) is 4.77 Å². The first-order valence-electron chi connectivity index (χ1n) is 5.13. The Hall–Kier alpha value is -1.68. The van der Waals surface area contributed by atoms with Crippen LogP contribution < -0.4 is 5.56 Å². The summed E-state index contributed by atoms with van der Waals surface area (Å²) in [6.07, 6.45) is 0.672. The van der Waals surface area contributed by atoms with Crippen molar-refractivity contribution in [2.45, 2.75) is 13.3 Å². The third-order valence-corrected chi connectivity index (χ3v) is 2.66. The molecule has 0 atom stereocenters. The Morgan fingerprint density at radius 2 is 1.88 bits per heavy atom. The van der Waals surface area contributed by atoms with Crippen LogP contribution in [0.15, 0.2) is 35.1 Å². The highest BCUT2D eigenvalue weighted by Gasteiger charge is 2.07. The summed E-state index contributed by atoms with van der Waals surface area (Å²) >= 11 is 4.98. The van der Waals surface area contributed by atoms with Gasteiger partial charge >= 0.3 is 0 Å². The Kier molecular flexibility index (Phi) is 3.01. The Balaban J connectivity index is 2.74. The summed E-state index contributed by atoms with van der Waals surface area (Å²) in [6.45, 7) is 1.95. The predicted octanol–water partition coefficient (Wildman–Crippen LogP) is 2.66. The van der Waals surface area contributed by atoms with Crippen LogP contribution in [0.4, 0.5) is 0 Å². The molecule has 2 rings (SSSR count). The van der Waals surface area contributed by atoms with Crippen LogP contribution in [0.25, 0.3) is 11.3 Å². The summed E-state index contributed by atoms with van der Waals surface area (Å²) in [7, 11) is 0. The van der Waals surface area contributed by atoms with Crippen LogP contribution in [-0.4, -0.2) is 9.97 Å². The van der Waals surface area contributed by atoms with Crippen LogP contribution in [0.5, 0.6) is 0 Å². The minimum absolute atomic E-state index is 0.106. The first kappa shape index (κ1) is 10.8. The van der Waals surface area contributed by atoms with Crippen molar-refractivity contribution in [2.24, 2.45) is 0 Å². The van der Waals surface area contributed by atoms with Crippen molar-refractivity contribution in [1.29, 1.82) is 0 Å². The summed E-state index contributed by atoms with van der Waals surface area (Å²) < 4.78 is 0.362. The lowest BCUT2D eigenvalue weighted by molar-refractivity contribution is 0.995. The van der Waals surface area contributed by atoms with Crippen molar-refractivity contribution in [2.75, 3.05) is 0 Å². The van der Waals surface area contributed by atoms with Gasteiger partial charge in [0.05, 0.1) is 5.69 Å². The number of hydrogen-bond acceptors (Lipinski definition) is 2. The summed E-state index contributed by atoms with van der Waals surface area (Å²) in [5, 5.41) is 0. The standard InChI is InChI=1S/C12H12N2OS/c1-2-9-10(8-6-4-3-5-7-8)13-12(16)14-11(9)15/h3-7H,2H2,1H3,(H2,13,14,15,16). The highest BCUT2D eigenvalue weighted by atomic mass is 32.1. The lowest BCUT2D eigenvalue weighted by Crippen LogP contribution is -2.15. The first-order valence-corrected chi connectivity index (χ1v) is 5.54. The molecule has 3 nitrogen and oxygen atoms in total. The van der Waals surface area contributed by atoms with E-state index < -0.39 is 0 Å². The number of aromatic nitrogens is 2. The summed E-state index contributed by atoms with van der Waals surface area (Å²) in [6, 6.07) is 9.73. The highest BCUT2D eigenvalue weighted by molar-refractivity contribution is 7.71. The van der Waals surface area contributed by atoms with Crippen LogP contribution in [0.3, 0.4) is 0 Å². The molecule has 2 aromatic rings. The van der Waals surface area contributed by atoms with Crippen molar-refractivity contribution < 1.29 is 0 Å². The number of benzene rings is 1. The largest absolute Gasteiger partial charge is 0.331 e. The molecule has 0 unspecified atom stereocenters. The number of hydrogen-bond donors (Lipinski definition) is 2. The van der Waals surface area contributed by atoms with Crippen molar-refractivity contribution in [3.05, 3.63) is 51.0 Å². The molecular formula is C12H12N2OS. The smallest absolute Gasteiger partial charge is 0.255 e. The van der Waals surface area contributed by atoms with Crippen molar-refractivity contribution in [3.8, 4) is 11.3 Å². The number of H-pyrrole nitrogens is 2. The third-order valence-electron chi connectivity index (χ3n) is 2.46. The van der Waals surface area contributed by atoms with Crippen LogP contribution >= 0.6 is 12.2 Å². The topological polar surface area (TPSA) is 48.6 Å². The van der Waals surface area contributed by atoms with Crippen molar-refractivity contribution >= 4 is 12.2 Å². The van der Waals surface area contributed by atoms with Gasteiger partial charge in [-0.3, -0.25) is 9.78 Å². The SMILES string of the molecule is CCc1c(-c2ccccc2)[nH]c(=S)[nH]c1=O. The maximum absolute atomic E-state index is 11.7. The van der Waals surface area contributed by atoms with E-state index in [1.807, 2.05) is 37.3 Å². The quantitative estimate of drug-likeness (QED) is 0.782. The molecule has 1 aromatic carbocycles. The van der Waals surface area contributed by atoms with E-state index in [1.54, 1.807) is 0 Å². The normalized spacial score (nSPS) is 10.3. The van der Waals surface area contributed by atoms with Gasteiger partial charge in [0, 0.05) is 5.56 Å². The van der Waals surface area contributed by atoms with Crippen LogP contribution in [0.1, 0.15) is 12.5 Å². The van der Waals surface area contributed by atoms with Crippen LogP contribution in [0, 0.1) is 4.77 Å². The molecule has 0 aliphatic rings. The molecule has 0 bridgehead atoms. The van der Waals surface area contributed by atoms with E-state index in [0.717, 1.165) is 16.8 Å². The van der Waals surface area contributed by atoms with Gasteiger partial charge in [-0.1, -0.05) is 37.3 Å². The lowest BCUT2D eigenvalue weighted by Gasteiger charge is -2.06. The zero-order chi connectivity index (χ0) is 11.5. The maximum atomic E-state index is 11.7. The van der Waals surface area contributed by atoms with Gasteiger partial charge in [0.25, 0.3) is 5.56 Å². The fourth-order valence-electron chi connectivity index (χ4n) is 1.70. The van der Waals surface area contributed by atoms with Crippen molar-refractivity contribution in [1.82, 2.24) is 9.97 Å². The summed E-state index contributed by atoms with van der Waals surface area (Å²) in [5.74, 6) is 0.